The number of phenols is 2. The quantitative estimate of drug-likeness (QED) is 0.668. The number of hydrogen-bond acceptors (Lipinski definition) is 5. The molecule has 0 atom stereocenters. The number of para-hydroxylation sites is 2. The molecule has 2 aromatic carbocycles. The number of benzene rings is 2. The van der Waals surface area contributed by atoms with E-state index in [1.54, 1.807) is 48.7 Å². The van der Waals surface area contributed by atoms with E-state index in [4.69, 9.17) is 0 Å². The van der Waals surface area contributed by atoms with Crippen molar-refractivity contribution < 1.29 is 10.2 Å². The van der Waals surface area contributed by atoms with Crippen molar-refractivity contribution in [1.29, 1.82) is 0 Å². The third kappa shape index (κ3) is 3.78. The molecule has 0 saturated heterocycles. The molecule has 26 heavy (non-hydrogen) atoms. The van der Waals surface area contributed by atoms with Crippen LogP contribution < -0.4 is 0 Å². The Kier molecular flexibility index (Phi) is 5.08. The van der Waals surface area contributed by atoms with Gasteiger partial charge in [-0.25, -0.2) is 15.0 Å². The lowest BCUT2D eigenvalue weighted by Crippen LogP contribution is -1.96. The average molecular weight is 345 g/mol. The highest BCUT2D eigenvalue weighted by Gasteiger charge is 2.08. The number of phenolic OH excluding ortho intramolecular Hbond substituents is 2. The van der Waals surface area contributed by atoms with E-state index in [0.29, 0.717) is 34.1 Å². The van der Waals surface area contributed by atoms with Gasteiger partial charge in [0, 0.05) is 23.0 Å². The number of rotatable bonds is 4. The summed E-state index contributed by atoms with van der Waals surface area (Å²) in [4.78, 5) is 13.4. The molecule has 130 valence electrons. The van der Waals surface area contributed by atoms with Crippen LogP contribution in [0.5, 0.6) is 11.5 Å². The van der Waals surface area contributed by atoms with Gasteiger partial charge in [-0.15, -0.1) is 0 Å². The zero-order chi connectivity index (χ0) is 18.5. The number of aliphatic imine (C=N–C) groups is 2. The Morgan fingerprint density at radius 3 is 1.85 bits per heavy atom. The molecule has 0 unspecified atom stereocenters. The minimum absolute atomic E-state index is 0.167. The molecule has 0 spiro atoms. The summed E-state index contributed by atoms with van der Waals surface area (Å²) >= 11 is 0. The lowest BCUT2D eigenvalue weighted by atomic mass is 10.1. The maximum absolute atomic E-state index is 10.0. The van der Waals surface area contributed by atoms with E-state index in [9.17, 15) is 10.2 Å². The number of hydrogen-bond donors (Lipinski definition) is 2. The Hall–Kier alpha value is -3.47. The highest BCUT2D eigenvalue weighted by Crippen LogP contribution is 2.28. The SMILES string of the molecule is CC(=Nc1cccnc1/N=C(\C)c1ccccc1O)c1ccccc1O. The summed E-state index contributed by atoms with van der Waals surface area (Å²) < 4.78 is 0. The van der Waals surface area contributed by atoms with Crippen LogP contribution in [0.3, 0.4) is 0 Å². The van der Waals surface area contributed by atoms with Gasteiger partial charge in [0.2, 0.25) is 0 Å². The lowest BCUT2D eigenvalue weighted by Gasteiger charge is -2.07. The van der Waals surface area contributed by atoms with Gasteiger partial charge in [0.15, 0.2) is 5.82 Å². The van der Waals surface area contributed by atoms with Gasteiger partial charge in [0.05, 0.1) is 5.71 Å². The normalized spacial score (nSPS) is 12.2. The van der Waals surface area contributed by atoms with Gasteiger partial charge in [-0.3, -0.25) is 0 Å². The first-order valence-corrected chi connectivity index (χ1v) is 8.18. The van der Waals surface area contributed by atoms with Crippen LogP contribution in [0.2, 0.25) is 0 Å². The molecule has 0 aliphatic rings. The molecule has 3 rings (SSSR count). The fourth-order valence-electron chi connectivity index (χ4n) is 2.58. The van der Waals surface area contributed by atoms with Crippen LogP contribution in [0.4, 0.5) is 11.5 Å². The van der Waals surface area contributed by atoms with E-state index >= 15 is 0 Å². The number of nitrogens with zero attached hydrogens (tertiary/aromatic N) is 3. The molecule has 0 saturated carbocycles. The Labute approximate surface area is 152 Å². The summed E-state index contributed by atoms with van der Waals surface area (Å²) in [5, 5.41) is 20.0. The van der Waals surface area contributed by atoms with Crippen molar-refractivity contribution in [1.82, 2.24) is 4.98 Å². The predicted molar refractivity (Wildman–Crippen MR) is 104 cm³/mol. The van der Waals surface area contributed by atoms with E-state index in [0.717, 1.165) is 0 Å². The molecular formula is C21H19N3O2. The topological polar surface area (TPSA) is 78.1 Å². The van der Waals surface area contributed by atoms with Crippen LogP contribution in [-0.4, -0.2) is 26.6 Å². The van der Waals surface area contributed by atoms with Crippen molar-refractivity contribution in [2.45, 2.75) is 13.8 Å². The van der Waals surface area contributed by atoms with Gasteiger partial charge >= 0.3 is 0 Å². The van der Waals surface area contributed by atoms with Gasteiger partial charge < -0.3 is 10.2 Å². The van der Waals surface area contributed by atoms with Crippen molar-refractivity contribution in [3.8, 4) is 11.5 Å². The summed E-state index contributed by atoms with van der Waals surface area (Å²) in [7, 11) is 0. The highest BCUT2D eigenvalue weighted by molar-refractivity contribution is 6.04. The molecular weight excluding hydrogens is 326 g/mol. The van der Waals surface area contributed by atoms with Crippen LogP contribution in [0.1, 0.15) is 25.0 Å². The Balaban J connectivity index is 2.02. The van der Waals surface area contributed by atoms with Gasteiger partial charge in [-0.05, 0) is 50.2 Å². The van der Waals surface area contributed by atoms with Crippen molar-refractivity contribution in [2.24, 2.45) is 9.98 Å². The zero-order valence-corrected chi connectivity index (χ0v) is 14.6. The Bertz CT molecular complexity index is 913. The van der Waals surface area contributed by atoms with E-state index in [1.807, 2.05) is 32.0 Å². The van der Waals surface area contributed by atoms with Crippen LogP contribution in [0.15, 0.2) is 76.8 Å². The first kappa shape index (κ1) is 17.4. The van der Waals surface area contributed by atoms with Gasteiger partial charge in [-0.1, -0.05) is 24.3 Å². The van der Waals surface area contributed by atoms with Gasteiger partial charge in [0.25, 0.3) is 0 Å². The monoisotopic (exact) mass is 345 g/mol. The van der Waals surface area contributed by atoms with Crippen LogP contribution in [0.25, 0.3) is 0 Å². The van der Waals surface area contributed by atoms with E-state index in [-0.39, 0.29) is 11.5 Å². The Morgan fingerprint density at radius 1 is 0.731 bits per heavy atom. The lowest BCUT2D eigenvalue weighted by molar-refractivity contribution is 0.473. The second-order valence-corrected chi connectivity index (χ2v) is 5.77. The van der Waals surface area contributed by atoms with Crippen LogP contribution in [0, 0.1) is 0 Å². The van der Waals surface area contributed by atoms with Crippen molar-refractivity contribution in [3.05, 3.63) is 78.0 Å². The van der Waals surface area contributed by atoms with Gasteiger partial charge in [-0.2, -0.15) is 0 Å². The summed E-state index contributed by atoms with van der Waals surface area (Å²) in [5.74, 6) is 0.788. The van der Waals surface area contributed by atoms with Crippen molar-refractivity contribution >= 4 is 22.9 Å². The van der Waals surface area contributed by atoms with E-state index in [1.165, 1.54) is 0 Å². The highest BCUT2D eigenvalue weighted by atomic mass is 16.3. The molecule has 2 N–H and O–H groups in total. The summed E-state index contributed by atoms with van der Waals surface area (Å²) in [6.07, 6.45) is 1.64. The van der Waals surface area contributed by atoms with E-state index in [2.05, 4.69) is 15.0 Å². The predicted octanol–water partition coefficient (Wildman–Crippen LogP) is 4.77. The molecule has 5 nitrogen and oxygen atoms in total. The second kappa shape index (κ2) is 7.61. The largest absolute Gasteiger partial charge is 0.507 e. The average Bonchev–Trinajstić information content (AvgIpc) is 2.64. The molecule has 0 aliphatic carbocycles. The smallest absolute Gasteiger partial charge is 0.178 e. The minimum Gasteiger partial charge on any atom is -0.507 e. The maximum atomic E-state index is 10.0. The summed E-state index contributed by atoms with van der Waals surface area (Å²) in [6, 6.07) is 17.7. The molecule has 1 heterocycles. The van der Waals surface area contributed by atoms with Crippen molar-refractivity contribution in [2.75, 3.05) is 0 Å². The molecule has 5 heteroatoms. The maximum Gasteiger partial charge on any atom is 0.178 e. The fraction of sp³-hybridized carbons (Fsp3) is 0.0952. The second-order valence-electron chi connectivity index (χ2n) is 5.77. The Morgan fingerprint density at radius 2 is 1.27 bits per heavy atom. The molecule has 0 fully saturated rings. The molecule has 0 radical (unpaired) electrons. The van der Waals surface area contributed by atoms with Gasteiger partial charge in [0.1, 0.15) is 17.2 Å². The molecule has 0 aliphatic heterocycles. The zero-order valence-electron chi connectivity index (χ0n) is 14.6. The third-order valence-electron chi connectivity index (χ3n) is 3.92. The molecule has 1 aromatic heterocycles. The van der Waals surface area contributed by atoms with Crippen molar-refractivity contribution in [3.63, 3.8) is 0 Å². The van der Waals surface area contributed by atoms with E-state index < -0.39 is 0 Å². The molecule has 3 aromatic rings. The third-order valence-corrected chi connectivity index (χ3v) is 3.92. The first-order valence-electron chi connectivity index (χ1n) is 8.18. The number of pyridine rings is 1. The summed E-state index contributed by atoms with van der Waals surface area (Å²) in [6.45, 7) is 3.64. The fourth-order valence-corrected chi connectivity index (χ4v) is 2.58. The summed E-state index contributed by atoms with van der Waals surface area (Å²) in [5.41, 5.74) is 3.18. The van der Waals surface area contributed by atoms with Crippen LogP contribution >= 0.6 is 0 Å². The molecule has 0 bridgehead atoms. The molecule has 0 amide bonds. The van der Waals surface area contributed by atoms with Crippen LogP contribution in [-0.2, 0) is 0 Å². The first-order chi connectivity index (χ1) is 12.6. The standard InChI is InChI=1S/C21H19N3O2/c1-14(16-8-3-5-11-19(16)25)23-18-10-7-13-22-21(18)24-15(2)17-9-4-6-12-20(17)26/h3-13,25-26H,1-2H3/b23-14?,24-15+. The number of aromatic nitrogens is 1. The minimum atomic E-state index is 0.167. The number of aromatic hydroxyl groups is 2.